The third kappa shape index (κ3) is 3.89. The van der Waals surface area contributed by atoms with Gasteiger partial charge >= 0.3 is 0 Å². The van der Waals surface area contributed by atoms with Gasteiger partial charge < -0.3 is 14.8 Å². The minimum atomic E-state index is -3.64. The molecule has 0 radical (unpaired) electrons. The molecule has 176 valence electrons. The highest BCUT2D eigenvalue weighted by Gasteiger charge is 2.49. The van der Waals surface area contributed by atoms with Crippen molar-refractivity contribution in [3.8, 4) is 11.5 Å². The number of carbonyl (C=O) groups is 1. The Labute approximate surface area is 190 Å². The van der Waals surface area contributed by atoms with Gasteiger partial charge in [0.15, 0.2) is 11.5 Å². The Bertz CT molecular complexity index is 943. The number of sulfonamides is 1. The molecule has 1 heterocycles. The fourth-order valence-electron chi connectivity index (χ4n) is 6.93. The van der Waals surface area contributed by atoms with Crippen LogP contribution in [-0.4, -0.2) is 52.0 Å². The van der Waals surface area contributed by atoms with Crippen molar-refractivity contribution in [3.05, 3.63) is 18.2 Å². The molecule has 5 aliphatic rings. The number of ether oxygens (including phenoxy) is 2. The van der Waals surface area contributed by atoms with Crippen molar-refractivity contribution in [1.82, 2.24) is 9.62 Å². The Balaban J connectivity index is 1.20. The van der Waals surface area contributed by atoms with Crippen LogP contribution in [0.1, 0.15) is 44.9 Å². The highest BCUT2D eigenvalue weighted by atomic mass is 32.2. The first-order valence-corrected chi connectivity index (χ1v) is 13.4. The van der Waals surface area contributed by atoms with E-state index in [1.54, 1.807) is 12.1 Å². The minimum absolute atomic E-state index is 0.107. The lowest BCUT2D eigenvalue weighted by molar-refractivity contribution is -0.130. The lowest BCUT2D eigenvalue weighted by atomic mass is 9.54. The maximum atomic E-state index is 13.1. The lowest BCUT2D eigenvalue weighted by Crippen LogP contribution is -2.57. The summed E-state index contributed by atoms with van der Waals surface area (Å²) in [5, 5.41) is 3.41. The van der Waals surface area contributed by atoms with Crippen LogP contribution in [0.3, 0.4) is 0 Å². The number of amides is 1. The molecule has 1 aliphatic heterocycles. The van der Waals surface area contributed by atoms with E-state index in [0.29, 0.717) is 55.3 Å². The molecular weight excluding hydrogens is 428 g/mol. The molecule has 0 atom stereocenters. The highest BCUT2D eigenvalue weighted by molar-refractivity contribution is 7.89. The number of nitrogens with zero attached hydrogens (tertiary/aromatic N) is 1. The second-order valence-electron chi connectivity index (χ2n) is 10.2. The van der Waals surface area contributed by atoms with Gasteiger partial charge in [0.05, 0.1) is 19.1 Å². The Hall–Kier alpha value is -1.80. The van der Waals surface area contributed by atoms with Gasteiger partial charge in [-0.05, 0) is 80.8 Å². The number of methoxy groups -OCH3 is 2. The van der Waals surface area contributed by atoms with E-state index in [-0.39, 0.29) is 16.7 Å². The Morgan fingerprint density at radius 3 is 2.09 bits per heavy atom. The molecule has 0 unspecified atom stereocenters. The lowest BCUT2D eigenvalue weighted by Gasteiger charge is -2.54. The number of hydrogen-bond acceptors (Lipinski definition) is 5. The summed E-state index contributed by atoms with van der Waals surface area (Å²) < 4.78 is 38.2. The summed E-state index contributed by atoms with van der Waals surface area (Å²) >= 11 is 0. The molecule has 0 aromatic heterocycles. The smallest absolute Gasteiger partial charge is 0.243 e. The van der Waals surface area contributed by atoms with Gasteiger partial charge in [-0.2, -0.15) is 4.31 Å². The topological polar surface area (TPSA) is 84.9 Å². The van der Waals surface area contributed by atoms with Crippen molar-refractivity contribution in [3.63, 3.8) is 0 Å². The van der Waals surface area contributed by atoms with E-state index >= 15 is 0 Å². The maximum Gasteiger partial charge on any atom is 0.243 e. The largest absolute Gasteiger partial charge is 0.493 e. The number of hydrogen-bond donors (Lipinski definition) is 1. The second kappa shape index (κ2) is 8.52. The van der Waals surface area contributed by atoms with E-state index in [1.807, 2.05) is 0 Å². The molecule has 8 heteroatoms. The van der Waals surface area contributed by atoms with Crippen molar-refractivity contribution in [2.45, 2.75) is 55.9 Å². The number of carbonyl (C=O) groups excluding carboxylic acids is 1. The van der Waals surface area contributed by atoms with Crippen molar-refractivity contribution in [2.24, 2.45) is 29.6 Å². The van der Waals surface area contributed by atoms with Crippen LogP contribution in [0, 0.1) is 29.6 Å². The molecular formula is C24H34N2O5S. The molecule has 5 fully saturated rings. The SMILES string of the molecule is COc1ccc(S(=O)(=O)N2CCC(C(=O)NC3C4CC5CC(C4)CC3C5)CC2)cc1OC. The summed E-state index contributed by atoms with van der Waals surface area (Å²) in [5.74, 6) is 3.98. The van der Waals surface area contributed by atoms with Gasteiger partial charge in [-0.15, -0.1) is 0 Å². The average Bonchev–Trinajstić information content (AvgIpc) is 2.80. The predicted molar refractivity (Wildman–Crippen MR) is 120 cm³/mol. The second-order valence-corrected chi connectivity index (χ2v) is 12.1. The van der Waals surface area contributed by atoms with Crippen LogP contribution in [0.25, 0.3) is 0 Å². The number of piperidine rings is 1. The van der Waals surface area contributed by atoms with E-state index in [2.05, 4.69) is 5.32 Å². The van der Waals surface area contributed by atoms with E-state index in [9.17, 15) is 13.2 Å². The molecule has 1 N–H and O–H groups in total. The van der Waals surface area contributed by atoms with Gasteiger partial charge in [0.25, 0.3) is 0 Å². The quantitative estimate of drug-likeness (QED) is 0.702. The van der Waals surface area contributed by atoms with Crippen LogP contribution in [0.4, 0.5) is 0 Å². The summed E-state index contributed by atoms with van der Waals surface area (Å²) in [7, 11) is -0.637. The Kier molecular flexibility index (Phi) is 5.86. The van der Waals surface area contributed by atoms with E-state index in [0.717, 1.165) is 11.8 Å². The first kappa shape index (κ1) is 22.0. The number of rotatable bonds is 6. The number of benzene rings is 1. The zero-order valence-corrected chi connectivity index (χ0v) is 19.8. The summed E-state index contributed by atoms with van der Waals surface area (Å²) in [6, 6.07) is 4.99. The highest BCUT2D eigenvalue weighted by Crippen LogP contribution is 2.53. The summed E-state index contributed by atoms with van der Waals surface area (Å²) in [5.41, 5.74) is 0. The summed E-state index contributed by atoms with van der Waals surface area (Å²) in [6.07, 6.45) is 7.64. The van der Waals surface area contributed by atoms with Gasteiger partial charge in [-0.3, -0.25) is 4.79 Å². The molecule has 1 aromatic carbocycles. The Morgan fingerprint density at radius 2 is 1.53 bits per heavy atom. The molecule has 7 nitrogen and oxygen atoms in total. The summed E-state index contributed by atoms with van der Waals surface area (Å²) in [4.78, 5) is 13.2. The van der Waals surface area contributed by atoms with Crippen molar-refractivity contribution in [1.29, 1.82) is 0 Å². The molecule has 1 aromatic rings. The normalized spacial score (nSPS) is 32.6. The van der Waals surface area contributed by atoms with Crippen LogP contribution < -0.4 is 14.8 Å². The predicted octanol–water partition coefficient (Wildman–Crippen LogP) is 3.05. The van der Waals surface area contributed by atoms with Gasteiger partial charge in [0, 0.05) is 31.1 Å². The van der Waals surface area contributed by atoms with Crippen molar-refractivity contribution in [2.75, 3.05) is 27.3 Å². The third-order valence-corrected chi connectivity index (χ3v) is 10.2. The molecule has 4 aliphatic carbocycles. The first-order chi connectivity index (χ1) is 15.4. The minimum Gasteiger partial charge on any atom is -0.493 e. The Morgan fingerprint density at radius 1 is 0.938 bits per heavy atom. The van der Waals surface area contributed by atoms with E-state index < -0.39 is 10.0 Å². The molecule has 0 spiro atoms. The van der Waals surface area contributed by atoms with Crippen molar-refractivity contribution >= 4 is 15.9 Å². The third-order valence-electron chi connectivity index (χ3n) is 8.35. The average molecular weight is 463 g/mol. The fourth-order valence-corrected chi connectivity index (χ4v) is 8.41. The molecule has 4 saturated carbocycles. The molecule has 6 rings (SSSR count). The molecule has 1 amide bonds. The van der Waals surface area contributed by atoms with Gasteiger partial charge in [-0.25, -0.2) is 8.42 Å². The van der Waals surface area contributed by atoms with Crippen molar-refractivity contribution < 1.29 is 22.7 Å². The molecule has 4 bridgehead atoms. The monoisotopic (exact) mass is 462 g/mol. The zero-order valence-electron chi connectivity index (χ0n) is 19.0. The fraction of sp³-hybridized carbons (Fsp3) is 0.708. The first-order valence-electron chi connectivity index (χ1n) is 11.9. The summed E-state index contributed by atoms with van der Waals surface area (Å²) in [6.45, 7) is 0.715. The van der Waals surface area contributed by atoms with Crippen LogP contribution in [0.15, 0.2) is 23.1 Å². The standard InChI is InChI=1S/C24H34N2O5S/c1-30-21-4-3-20(14-22(21)31-2)32(28,29)26-7-5-17(6-8-26)24(27)25-23-18-10-15-9-16(12-18)13-19(23)11-15/h3-4,14-19,23H,5-13H2,1-2H3,(H,25,27). The van der Waals surface area contributed by atoms with E-state index in [1.165, 1.54) is 56.7 Å². The van der Waals surface area contributed by atoms with Gasteiger partial charge in [0.1, 0.15) is 0 Å². The zero-order chi connectivity index (χ0) is 22.5. The molecule has 1 saturated heterocycles. The van der Waals surface area contributed by atoms with Crippen LogP contribution in [0.5, 0.6) is 11.5 Å². The molecule has 32 heavy (non-hydrogen) atoms. The van der Waals surface area contributed by atoms with Crippen LogP contribution >= 0.6 is 0 Å². The van der Waals surface area contributed by atoms with Gasteiger partial charge in [0.2, 0.25) is 15.9 Å². The van der Waals surface area contributed by atoms with Gasteiger partial charge in [-0.1, -0.05) is 0 Å². The maximum absolute atomic E-state index is 13.1. The number of nitrogens with one attached hydrogen (secondary N) is 1. The van der Waals surface area contributed by atoms with Crippen LogP contribution in [-0.2, 0) is 14.8 Å². The van der Waals surface area contributed by atoms with E-state index in [4.69, 9.17) is 9.47 Å². The van der Waals surface area contributed by atoms with Crippen LogP contribution in [0.2, 0.25) is 0 Å².